The molecule has 1 fully saturated rings. The molecule has 1 aromatic carbocycles. The van der Waals surface area contributed by atoms with Crippen molar-refractivity contribution in [2.24, 2.45) is 0 Å². The van der Waals surface area contributed by atoms with Crippen molar-refractivity contribution >= 4 is 35.0 Å². The van der Waals surface area contributed by atoms with Crippen molar-refractivity contribution in [1.29, 1.82) is 0 Å². The highest BCUT2D eigenvalue weighted by Crippen LogP contribution is 2.24. The molecule has 6 nitrogen and oxygen atoms in total. The number of carbonyl (C=O) groups is 2. The molecular formula is C19H21Cl2N3O3. The van der Waals surface area contributed by atoms with E-state index in [2.05, 4.69) is 10.3 Å². The molecule has 8 heteroatoms. The predicted octanol–water partition coefficient (Wildman–Crippen LogP) is 2.95. The minimum absolute atomic E-state index is 0.104. The maximum Gasteiger partial charge on any atom is 0.270 e. The lowest BCUT2D eigenvalue weighted by Crippen LogP contribution is -2.51. The van der Waals surface area contributed by atoms with Gasteiger partial charge in [0, 0.05) is 30.4 Å². The molecule has 3 rings (SSSR count). The Labute approximate surface area is 167 Å². The van der Waals surface area contributed by atoms with E-state index in [1.807, 2.05) is 0 Å². The van der Waals surface area contributed by atoms with Crippen LogP contribution in [0.5, 0.6) is 0 Å². The third kappa shape index (κ3) is 4.46. The summed E-state index contributed by atoms with van der Waals surface area (Å²) in [7, 11) is 0. The van der Waals surface area contributed by atoms with E-state index < -0.39 is 11.5 Å². The van der Waals surface area contributed by atoms with E-state index in [-0.39, 0.29) is 11.9 Å². The summed E-state index contributed by atoms with van der Waals surface area (Å²) in [5, 5.41) is 14.5. The predicted molar refractivity (Wildman–Crippen MR) is 104 cm³/mol. The first kappa shape index (κ1) is 19.7. The number of likely N-dealkylation sites (tertiary alicyclic amines) is 1. The molecule has 0 aliphatic carbocycles. The Bertz CT molecular complexity index is 825. The second kappa shape index (κ2) is 7.92. The SMILES string of the molecule is C[C@](O)(C(=O)NC1CCN(C(=O)c2cc(Cl)c[nH]2)CC1)c1ccc(Cl)cc1. The normalized spacial score (nSPS) is 17.4. The van der Waals surface area contributed by atoms with Crippen LogP contribution in [0.2, 0.25) is 10.0 Å². The van der Waals surface area contributed by atoms with Crippen LogP contribution < -0.4 is 5.32 Å². The quantitative estimate of drug-likeness (QED) is 0.725. The molecule has 144 valence electrons. The van der Waals surface area contributed by atoms with Crippen LogP contribution in [-0.2, 0) is 10.4 Å². The molecule has 0 spiro atoms. The van der Waals surface area contributed by atoms with Gasteiger partial charge in [-0.2, -0.15) is 0 Å². The highest BCUT2D eigenvalue weighted by Gasteiger charge is 2.35. The summed E-state index contributed by atoms with van der Waals surface area (Å²) in [6.07, 6.45) is 2.80. The van der Waals surface area contributed by atoms with Gasteiger partial charge in [-0.25, -0.2) is 0 Å². The van der Waals surface area contributed by atoms with Crippen LogP contribution in [0.3, 0.4) is 0 Å². The number of aromatic nitrogens is 1. The molecular weight excluding hydrogens is 389 g/mol. The average molecular weight is 410 g/mol. The van der Waals surface area contributed by atoms with Gasteiger partial charge in [0.15, 0.2) is 5.60 Å². The monoisotopic (exact) mass is 409 g/mol. The van der Waals surface area contributed by atoms with Gasteiger partial charge in [-0.3, -0.25) is 9.59 Å². The highest BCUT2D eigenvalue weighted by molar-refractivity contribution is 6.31. The summed E-state index contributed by atoms with van der Waals surface area (Å²) in [6, 6.07) is 8.02. The second-order valence-electron chi connectivity index (χ2n) is 6.85. The number of nitrogens with one attached hydrogen (secondary N) is 2. The largest absolute Gasteiger partial charge is 0.376 e. The molecule has 1 aliphatic heterocycles. The first-order valence-electron chi connectivity index (χ1n) is 8.70. The molecule has 1 saturated heterocycles. The number of piperidine rings is 1. The summed E-state index contributed by atoms with van der Waals surface area (Å²) < 4.78 is 0. The van der Waals surface area contributed by atoms with Crippen LogP contribution >= 0.6 is 23.2 Å². The lowest BCUT2D eigenvalue weighted by Gasteiger charge is -2.34. The number of hydrogen-bond donors (Lipinski definition) is 3. The van der Waals surface area contributed by atoms with Crippen LogP contribution in [0.1, 0.15) is 35.8 Å². The molecule has 1 aromatic heterocycles. The van der Waals surface area contributed by atoms with Crippen molar-refractivity contribution in [2.45, 2.75) is 31.4 Å². The second-order valence-corrected chi connectivity index (χ2v) is 7.72. The Morgan fingerprint density at radius 2 is 1.81 bits per heavy atom. The maximum atomic E-state index is 12.6. The van der Waals surface area contributed by atoms with Gasteiger partial charge < -0.3 is 20.3 Å². The molecule has 2 aromatic rings. The van der Waals surface area contributed by atoms with Crippen molar-refractivity contribution in [2.75, 3.05) is 13.1 Å². The highest BCUT2D eigenvalue weighted by atomic mass is 35.5. The Balaban J connectivity index is 1.56. The van der Waals surface area contributed by atoms with Crippen LogP contribution in [0, 0.1) is 0 Å². The zero-order valence-electron chi connectivity index (χ0n) is 14.8. The van der Waals surface area contributed by atoms with Crippen molar-refractivity contribution in [3.05, 3.63) is 57.8 Å². The van der Waals surface area contributed by atoms with E-state index in [4.69, 9.17) is 23.2 Å². The van der Waals surface area contributed by atoms with Crippen LogP contribution in [0.15, 0.2) is 36.5 Å². The topological polar surface area (TPSA) is 85.4 Å². The van der Waals surface area contributed by atoms with Crippen molar-refractivity contribution in [3.63, 3.8) is 0 Å². The van der Waals surface area contributed by atoms with Gasteiger partial charge >= 0.3 is 0 Å². The molecule has 3 N–H and O–H groups in total. The smallest absolute Gasteiger partial charge is 0.270 e. The minimum Gasteiger partial charge on any atom is -0.376 e. The number of carbonyl (C=O) groups excluding carboxylic acids is 2. The third-order valence-corrected chi connectivity index (χ3v) is 5.31. The van der Waals surface area contributed by atoms with Gasteiger partial charge in [-0.1, -0.05) is 35.3 Å². The molecule has 0 bridgehead atoms. The van der Waals surface area contributed by atoms with Crippen LogP contribution in [0.4, 0.5) is 0 Å². The van der Waals surface area contributed by atoms with Gasteiger partial charge in [0.2, 0.25) is 0 Å². The number of aromatic amines is 1. The Morgan fingerprint density at radius 1 is 1.19 bits per heavy atom. The molecule has 0 saturated carbocycles. The molecule has 0 radical (unpaired) electrons. The molecule has 1 atom stereocenters. The number of hydrogen-bond acceptors (Lipinski definition) is 3. The summed E-state index contributed by atoms with van der Waals surface area (Å²) in [6.45, 7) is 2.49. The third-order valence-electron chi connectivity index (χ3n) is 4.84. The first-order chi connectivity index (χ1) is 12.8. The number of H-pyrrole nitrogens is 1. The Hall–Kier alpha value is -2.02. The van der Waals surface area contributed by atoms with Gasteiger partial charge in [0.05, 0.1) is 5.02 Å². The van der Waals surface area contributed by atoms with Gasteiger partial charge in [-0.05, 0) is 43.5 Å². The zero-order chi connectivity index (χ0) is 19.6. The van der Waals surface area contributed by atoms with Crippen molar-refractivity contribution in [1.82, 2.24) is 15.2 Å². The van der Waals surface area contributed by atoms with E-state index in [9.17, 15) is 14.7 Å². The lowest BCUT2D eigenvalue weighted by atomic mass is 9.94. The molecule has 0 unspecified atom stereocenters. The molecule has 27 heavy (non-hydrogen) atoms. The van der Waals surface area contributed by atoms with Crippen LogP contribution in [-0.4, -0.2) is 45.9 Å². The number of rotatable bonds is 4. The Morgan fingerprint density at radius 3 is 2.37 bits per heavy atom. The van der Waals surface area contributed by atoms with Gasteiger partial charge in [-0.15, -0.1) is 0 Å². The van der Waals surface area contributed by atoms with E-state index in [1.165, 1.54) is 6.92 Å². The lowest BCUT2D eigenvalue weighted by molar-refractivity contribution is -0.140. The Kier molecular flexibility index (Phi) is 5.79. The zero-order valence-corrected chi connectivity index (χ0v) is 16.3. The van der Waals surface area contributed by atoms with E-state index in [0.29, 0.717) is 47.2 Å². The average Bonchev–Trinajstić information content (AvgIpc) is 3.08. The molecule has 2 amide bonds. The van der Waals surface area contributed by atoms with Crippen LogP contribution in [0.25, 0.3) is 0 Å². The van der Waals surface area contributed by atoms with E-state index >= 15 is 0 Å². The summed E-state index contributed by atoms with van der Waals surface area (Å²) in [5.74, 6) is -0.578. The first-order valence-corrected chi connectivity index (χ1v) is 9.45. The van der Waals surface area contributed by atoms with Gasteiger partial charge in [0.25, 0.3) is 11.8 Å². The number of benzene rings is 1. The summed E-state index contributed by atoms with van der Waals surface area (Å²) in [4.78, 5) is 29.6. The van der Waals surface area contributed by atoms with Crippen molar-refractivity contribution in [3.8, 4) is 0 Å². The number of amides is 2. The maximum absolute atomic E-state index is 12.6. The minimum atomic E-state index is -1.65. The fourth-order valence-corrected chi connectivity index (χ4v) is 3.41. The van der Waals surface area contributed by atoms with Gasteiger partial charge in [0.1, 0.15) is 5.69 Å². The number of nitrogens with zero attached hydrogens (tertiary/aromatic N) is 1. The summed E-state index contributed by atoms with van der Waals surface area (Å²) >= 11 is 11.7. The fraction of sp³-hybridized carbons (Fsp3) is 0.368. The number of halogens is 2. The summed E-state index contributed by atoms with van der Waals surface area (Å²) in [5.41, 5.74) is -0.729. The standard InChI is InChI=1S/C19H21Cl2N3O3/c1-19(27,12-2-4-13(20)5-3-12)18(26)23-15-6-8-24(9-7-15)17(25)16-10-14(21)11-22-16/h2-5,10-11,15,22,27H,6-9H2,1H3,(H,23,26)/t19-/m1/s1. The van der Waals surface area contributed by atoms with Crippen molar-refractivity contribution < 1.29 is 14.7 Å². The number of aliphatic hydroxyl groups is 1. The fourth-order valence-electron chi connectivity index (χ4n) is 3.12. The molecule has 2 heterocycles. The molecule has 1 aliphatic rings. The van der Waals surface area contributed by atoms with E-state index in [1.54, 1.807) is 41.4 Å². The van der Waals surface area contributed by atoms with E-state index in [0.717, 1.165) is 0 Å².